The number of hydrogen-bond acceptors (Lipinski definition) is 1. The molecule has 4 rings (SSSR count). The Kier molecular flexibility index (Phi) is 9.19. The van der Waals surface area contributed by atoms with E-state index in [1.165, 1.54) is 64.2 Å². The van der Waals surface area contributed by atoms with Crippen LogP contribution in [0.25, 0.3) is 0 Å². The lowest BCUT2D eigenvalue weighted by molar-refractivity contribution is 0.167. The molecule has 1 heteroatoms. The first kappa shape index (κ1) is 22.5. The lowest BCUT2D eigenvalue weighted by atomic mass is 9.71. The van der Waals surface area contributed by atoms with Crippen molar-refractivity contribution < 1.29 is 0 Å². The second kappa shape index (κ2) is 11.8. The highest BCUT2D eigenvalue weighted by Crippen LogP contribution is 2.47. The van der Waals surface area contributed by atoms with Gasteiger partial charge in [-0.2, -0.15) is 11.8 Å². The first-order valence-electron chi connectivity index (χ1n) is 13.9. The van der Waals surface area contributed by atoms with Crippen LogP contribution >= 0.6 is 11.8 Å². The Morgan fingerprint density at radius 1 is 0.414 bits per heavy atom. The number of thioether (sulfide) groups is 1. The van der Waals surface area contributed by atoms with Crippen LogP contribution in [0.4, 0.5) is 0 Å². The van der Waals surface area contributed by atoms with E-state index >= 15 is 0 Å². The standard InChI is InChI=1S/C28H50S/c1-22-11-5-2-3-6-14-26(21-22)23-17-19-25(20-18-23)28-16-10-9-15-27(29-28)24-12-7-4-8-13-24/h22-28H,2-21H2,1H3/t22?,23?,25?,26?,27-,28?/m0/s1. The Hall–Kier alpha value is 0.350. The summed E-state index contributed by atoms with van der Waals surface area (Å²) in [5.74, 6) is 5.28. The molecule has 0 radical (unpaired) electrons. The maximum Gasteiger partial charge on any atom is 0.00782 e. The fraction of sp³-hybridized carbons (Fsp3) is 1.00. The van der Waals surface area contributed by atoms with Crippen LogP contribution in [0.2, 0.25) is 0 Å². The van der Waals surface area contributed by atoms with E-state index in [0.29, 0.717) is 0 Å². The predicted molar refractivity (Wildman–Crippen MR) is 131 cm³/mol. The number of hydrogen-bond donors (Lipinski definition) is 0. The molecule has 3 unspecified atom stereocenters. The van der Waals surface area contributed by atoms with Gasteiger partial charge in [-0.15, -0.1) is 0 Å². The quantitative estimate of drug-likeness (QED) is 0.439. The van der Waals surface area contributed by atoms with E-state index in [9.17, 15) is 0 Å². The summed E-state index contributed by atoms with van der Waals surface area (Å²) in [6.45, 7) is 2.55. The molecule has 0 aromatic carbocycles. The van der Waals surface area contributed by atoms with E-state index in [1.54, 1.807) is 64.2 Å². The molecule has 0 bridgehead atoms. The van der Waals surface area contributed by atoms with Gasteiger partial charge in [-0.3, -0.25) is 0 Å². The molecule has 0 amide bonds. The van der Waals surface area contributed by atoms with Gasteiger partial charge in [-0.1, -0.05) is 77.6 Å². The molecule has 0 N–H and O–H groups in total. The van der Waals surface area contributed by atoms with Crippen LogP contribution in [-0.2, 0) is 0 Å². The molecule has 0 spiro atoms. The first-order chi connectivity index (χ1) is 14.3. The fourth-order valence-electron chi connectivity index (χ4n) is 7.67. The van der Waals surface area contributed by atoms with Gasteiger partial charge < -0.3 is 0 Å². The summed E-state index contributed by atoms with van der Waals surface area (Å²) in [4.78, 5) is 0. The van der Waals surface area contributed by atoms with Gasteiger partial charge in [0, 0.05) is 10.5 Å². The Morgan fingerprint density at radius 3 is 1.52 bits per heavy atom. The molecule has 4 atom stereocenters. The molecule has 1 saturated heterocycles. The zero-order chi connectivity index (χ0) is 19.9. The summed E-state index contributed by atoms with van der Waals surface area (Å²) in [6.07, 6.45) is 30.8. The summed E-state index contributed by atoms with van der Waals surface area (Å²) in [7, 11) is 0. The topological polar surface area (TPSA) is 0 Å². The van der Waals surface area contributed by atoms with E-state index in [4.69, 9.17) is 0 Å². The van der Waals surface area contributed by atoms with Crippen molar-refractivity contribution in [3.8, 4) is 0 Å². The van der Waals surface area contributed by atoms with Gasteiger partial charge in [-0.05, 0) is 87.4 Å². The van der Waals surface area contributed by atoms with Crippen LogP contribution in [0.15, 0.2) is 0 Å². The van der Waals surface area contributed by atoms with Gasteiger partial charge in [0.2, 0.25) is 0 Å². The van der Waals surface area contributed by atoms with E-state index in [1.807, 2.05) is 0 Å². The smallest absolute Gasteiger partial charge is 0.00782 e. The highest BCUT2D eigenvalue weighted by Gasteiger charge is 2.35. The lowest BCUT2D eigenvalue weighted by Gasteiger charge is -2.39. The van der Waals surface area contributed by atoms with Gasteiger partial charge in [-0.25, -0.2) is 0 Å². The lowest BCUT2D eigenvalue weighted by Crippen LogP contribution is -2.30. The van der Waals surface area contributed by atoms with Crippen molar-refractivity contribution >= 4 is 11.8 Å². The van der Waals surface area contributed by atoms with Crippen LogP contribution in [0.5, 0.6) is 0 Å². The summed E-state index contributed by atoms with van der Waals surface area (Å²) < 4.78 is 0. The Labute approximate surface area is 187 Å². The SMILES string of the molecule is CC1CCCCCCC(C2CCC(C3CCCC[C@@H](C4CCCCC4)S3)CC2)C1. The van der Waals surface area contributed by atoms with Gasteiger partial charge in [0.05, 0.1) is 0 Å². The average Bonchev–Trinajstić information content (AvgIpc) is 2.96. The third-order valence-electron chi connectivity index (χ3n) is 9.49. The molecule has 3 aliphatic carbocycles. The summed E-state index contributed by atoms with van der Waals surface area (Å²) in [5, 5.41) is 2.04. The minimum Gasteiger partial charge on any atom is -0.155 e. The minimum atomic E-state index is 0.990. The molecule has 4 fully saturated rings. The van der Waals surface area contributed by atoms with Crippen LogP contribution in [0, 0.1) is 29.6 Å². The van der Waals surface area contributed by atoms with Gasteiger partial charge in [0.15, 0.2) is 0 Å². The van der Waals surface area contributed by atoms with Gasteiger partial charge in [0.25, 0.3) is 0 Å². The highest BCUT2D eigenvalue weighted by molar-refractivity contribution is 8.00. The van der Waals surface area contributed by atoms with Crippen LogP contribution in [-0.4, -0.2) is 10.5 Å². The van der Waals surface area contributed by atoms with Crippen LogP contribution < -0.4 is 0 Å². The summed E-state index contributed by atoms with van der Waals surface area (Å²) >= 11 is 2.51. The second-order valence-corrected chi connectivity index (χ2v) is 13.1. The molecular weight excluding hydrogens is 368 g/mol. The molecule has 1 aliphatic heterocycles. The predicted octanol–water partition coefficient (Wildman–Crippen LogP) is 9.41. The van der Waals surface area contributed by atoms with Crippen molar-refractivity contribution in [1.29, 1.82) is 0 Å². The first-order valence-corrected chi connectivity index (χ1v) is 14.9. The van der Waals surface area contributed by atoms with E-state index in [0.717, 1.165) is 40.1 Å². The molecular formula is C28H50S. The number of rotatable bonds is 3. The van der Waals surface area contributed by atoms with Crippen molar-refractivity contribution in [2.75, 3.05) is 0 Å². The Morgan fingerprint density at radius 2 is 0.862 bits per heavy atom. The van der Waals surface area contributed by atoms with Crippen molar-refractivity contribution in [3.63, 3.8) is 0 Å². The maximum atomic E-state index is 2.55. The van der Waals surface area contributed by atoms with Crippen molar-refractivity contribution in [3.05, 3.63) is 0 Å². The van der Waals surface area contributed by atoms with Gasteiger partial charge in [0.1, 0.15) is 0 Å². The Bertz CT molecular complexity index is 445. The van der Waals surface area contributed by atoms with E-state index in [-0.39, 0.29) is 0 Å². The average molecular weight is 419 g/mol. The monoisotopic (exact) mass is 418 g/mol. The normalized spacial score (nSPS) is 41.7. The molecule has 3 saturated carbocycles. The van der Waals surface area contributed by atoms with Crippen molar-refractivity contribution in [1.82, 2.24) is 0 Å². The summed E-state index contributed by atoms with van der Waals surface area (Å²) in [6, 6.07) is 0. The zero-order valence-electron chi connectivity index (χ0n) is 19.6. The third-order valence-corrected chi connectivity index (χ3v) is 11.4. The molecule has 0 nitrogen and oxygen atoms in total. The molecule has 29 heavy (non-hydrogen) atoms. The second-order valence-electron chi connectivity index (χ2n) is 11.7. The minimum absolute atomic E-state index is 0.990. The molecule has 0 aromatic rings. The molecule has 0 aromatic heterocycles. The Balaban J connectivity index is 1.28. The fourth-order valence-corrected chi connectivity index (χ4v) is 9.72. The largest absolute Gasteiger partial charge is 0.155 e. The zero-order valence-corrected chi connectivity index (χ0v) is 20.4. The van der Waals surface area contributed by atoms with Crippen LogP contribution in [0.3, 0.4) is 0 Å². The van der Waals surface area contributed by atoms with Crippen molar-refractivity contribution in [2.45, 2.75) is 146 Å². The molecule has 168 valence electrons. The van der Waals surface area contributed by atoms with Crippen LogP contribution in [0.1, 0.15) is 135 Å². The van der Waals surface area contributed by atoms with E-state index < -0.39 is 0 Å². The summed E-state index contributed by atoms with van der Waals surface area (Å²) in [5.41, 5.74) is 0. The van der Waals surface area contributed by atoms with Gasteiger partial charge >= 0.3 is 0 Å². The van der Waals surface area contributed by atoms with Crippen molar-refractivity contribution in [2.24, 2.45) is 29.6 Å². The molecule has 1 heterocycles. The maximum absolute atomic E-state index is 2.55. The molecule has 4 aliphatic rings. The van der Waals surface area contributed by atoms with E-state index in [2.05, 4.69) is 18.7 Å². The third kappa shape index (κ3) is 6.66. The highest BCUT2D eigenvalue weighted by atomic mass is 32.2.